The zero-order valence-electron chi connectivity index (χ0n) is 7.74. The third kappa shape index (κ3) is 1.05. The number of aliphatic imine (C=N–C) groups is 1. The maximum atomic E-state index is 4.65. The SMILES string of the molecule is C1=CCC2=NC[C@@H]3CCCN3C2=C1. The van der Waals surface area contributed by atoms with Crippen LogP contribution in [0.2, 0.25) is 0 Å². The van der Waals surface area contributed by atoms with Crippen molar-refractivity contribution in [2.24, 2.45) is 4.99 Å². The van der Waals surface area contributed by atoms with Gasteiger partial charge in [0.25, 0.3) is 0 Å². The molecule has 0 amide bonds. The number of fused-ring (bicyclic) bond motifs is 3. The van der Waals surface area contributed by atoms with Crippen LogP contribution in [0.15, 0.2) is 28.9 Å². The van der Waals surface area contributed by atoms with Crippen molar-refractivity contribution in [3.05, 3.63) is 23.9 Å². The van der Waals surface area contributed by atoms with Gasteiger partial charge in [-0.1, -0.05) is 12.2 Å². The maximum Gasteiger partial charge on any atom is 0.0620 e. The summed E-state index contributed by atoms with van der Waals surface area (Å²) < 4.78 is 0. The minimum absolute atomic E-state index is 0.710. The van der Waals surface area contributed by atoms with Gasteiger partial charge in [-0.05, 0) is 18.9 Å². The first-order chi connectivity index (χ1) is 6.45. The van der Waals surface area contributed by atoms with Crippen LogP contribution in [0.4, 0.5) is 0 Å². The summed E-state index contributed by atoms with van der Waals surface area (Å²) in [5, 5.41) is 0. The molecule has 2 heterocycles. The van der Waals surface area contributed by atoms with Crippen LogP contribution in [0, 0.1) is 0 Å². The summed E-state index contributed by atoms with van der Waals surface area (Å²) in [5.41, 5.74) is 2.71. The van der Waals surface area contributed by atoms with Gasteiger partial charge >= 0.3 is 0 Å². The Kier molecular flexibility index (Phi) is 1.54. The van der Waals surface area contributed by atoms with Crippen molar-refractivity contribution in [2.75, 3.05) is 13.1 Å². The lowest BCUT2D eigenvalue weighted by Gasteiger charge is -2.34. The van der Waals surface area contributed by atoms with E-state index in [1.807, 2.05) is 0 Å². The molecule has 0 unspecified atom stereocenters. The molecule has 1 aliphatic carbocycles. The molecule has 0 saturated carbocycles. The molecule has 0 bridgehead atoms. The van der Waals surface area contributed by atoms with Gasteiger partial charge in [0.2, 0.25) is 0 Å². The molecule has 0 spiro atoms. The fourth-order valence-corrected chi connectivity index (χ4v) is 2.50. The van der Waals surface area contributed by atoms with Crippen LogP contribution in [-0.2, 0) is 0 Å². The first-order valence-electron chi connectivity index (χ1n) is 5.12. The van der Waals surface area contributed by atoms with Crippen molar-refractivity contribution in [3.63, 3.8) is 0 Å². The number of allylic oxidation sites excluding steroid dienone is 4. The summed E-state index contributed by atoms with van der Waals surface area (Å²) in [7, 11) is 0. The molecule has 0 aromatic carbocycles. The van der Waals surface area contributed by atoms with Crippen LogP contribution in [-0.4, -0.2) is 29.7 Å². The van der Waals surface area contributed by atoms with E-state index in [-0.39, 0.29) is 0 Å². The molecule has 68 valence electrons. The second-order valence-corrected chi connectivity index (χ2v) is 3.96. The first-order valence-corrected chi connectivity index (χ1v) is 5.12. The highest BCUT2D eigenvalue weighted by Crippen LogP contribution is 2.29. The Bertz CT molecular complexity index is 312. The monoisotopic (exact) mass is 174 g/mol. The molecule has 0 N–H and O–H groups in total. The van der Waals surface area contributed by atoms with E-state index in [2.05, 4.69) is 28.1 Å². The summed E-state index contributed by atoms with van der Waals surface area (Å²) in [6.07, 6.45) is 10.3. The molecule has 1 atom stereocenters. The van der Waals surface area contributed by atoms with Crippen molar-refractivity contribution < 1.29 is 0 Å². The Morgan fingerprint density at radius 3 is 3.46 bits per heavy atom. The fraction of sp³-hybridized carbons (Fsp3) is 0.545. The van der Waals surface area contributed by atoms with Crippen LogP contribution >= 0.6 is 0 Å². The van der Waals surface area contributed by atoms with Crippen molar-refractivity contribution in [2.45, 2.75) is 25.3 Å². The highest BCUT2D eigenvalue weighted by molar-refractivity contribution is 6.02. The molecule has 2 aliphatic heterocycles. The molecule has 0 radical (unpaired) electrons. The lowest BCUT2D eigenvalue weighted by atomic mass is 10.0. The Balaban J connectivity index is 2.00. The summed E-state index contributed by atoms with van der Waals surface area (Å²) >= 11 is 0. The molecule has 0 aromatic heterocycles. The maximum absolute atomic E-state index is 4.65. The Morgan fingerprint density at radius 2 is 2.46 bits per heavy atom. The average molecular weight is 174 g/mol. The minimum Gasteiger partial charge on any atom is -0.365 e. The smallest absolute Gasteiger partial charge is 0.0620 e. The summed E-state index contributed by atoms with van der Waals surface area (Å²) in [4.78, 5) is 7.20. The van der Waals surface area contributed by atoms with Crippen LogP contribution in [0.3, 0.4) is 0 Å². The van der Waals surface area contributed by atoms with Crippen LogP contribution in [0.25, 0.3) is 0 Å². The topological polar surface area (TPSA) is 15.6 Å². The minimum atomic E-state index is 0.710. The molecule has 1 saturated heterocycles. The molecular formula is C11H14N2. The Morgan fingerprint density at radius 1 is 1.46 bits per heavy atom. The van der Waals surface area contributed by atoms with Crippen molar-refractivity contribution in [1.29, 1.82) is 0 Å². The van der Waals surface area contributed by atoms with Crippen molar-refractivity contribution >= 4 is 5.71 Å². The van der Waals surface area contributed by atoms with Gasteiger partial charge in [0.05, 0.1) is 18.0 Å². The van der Waals surface area contributed by atoms with Gasteiger partial charge in [0, 0.05) is 19.0 Å². The van der Waals surface area contributed by atoms with Crippen LogP contribution in [0.1, 0.15) is 19.3 Å². The highest BCUT2D eigenvalue weighted by Gasteiger charge is 2.31. The number of hydrogen-bond acceptors (Lipinski definition) is 2. The van der Waals surface area contributed by atoms with Gasteiger partial charge < -0.3 is 4.90 Å². The molecule has 2 heteroatoms. The standard InChI is InChI=1S/C11H14N2/c1-2-6-11-10(5-1)12-8-9-4-3-7-13(9)11/h1-2,6,9H,3-5,7-8H2/t9-/m0/s1. The average Bonchev–Trinajstić information content (AvgIpc) is 2.65. The second-order valence-electron chi connectivity index (χ2n) is 3.96. The van der Waals surface area contributed by atoms with Crippen LogP contribution in [0.5, 0.6) is 0 Å². The summed E-state index contributed by atoms with van der Waals surface area (Å²) in [5.74, 6) is 0. The number of nitrogens with zero attached hydrogens (tertiary/aromatic N) is 2. The molecule has 13 heavy (non-hydrogen) atoms. The van der Waals surface area contributed by atoms with E-state index >= 15 is 0 Å². The third-order valence-electron chi connectivity index (χ3n) is 3.18. The number of hydrogen-bond donors (Lipinski definition) is 0. The van der Waals surface area contributed by atoms with E-state index < -0.39 is 0 Å². The molecular weight excluding hydrogens is 160 g/mol. The lowest BCUT2D eigenvalue weighted by molar-refractivity contribution is 0.330. The van der Waals surface area contributed by atoms with Gasteiger partial charge in [-0.15, -0.1) is 0 Å². The van der Waals surface area contributed by atoms with Crippen molar-refractivity contribution in [1.82, 2.24) is 4.90 Å². The lowest BCUT2D eigenvalue weighted by Crippen LogP contribution is -2.38. The Hall–Kier alpha value is -1.05. The van der Waals surface area contributed by atoms with E-state index in [1.54, 1.807) is 0 Å². The quantitative estimate of drug-likeness (QED) is 0.546. The van der Waals surface area contributed by atoms with E-state index in [1.165, 1.54) is 30.8 Å². The molecule has 0 aromatic rings. The predicted molar refractivity (Wildman–Crippen MR) is 53.9 cm³/mol. The molecule has 2 nitrogen and oxygen atoms in total. The van der Waals surface area contributed by atoms with Crippen molar-refractivity contribution in [3.8, 4) is 0 Å². The van der Waals surface area contributed by atoms with E-state index in [0.717, 1.165) is 13.0 Å². The second kappa shape index (κ2) is 2.72. The van der Waals surface area contributed by atoms with Crippen LogP contribution < -0.4 is 0 Å². The molecule has 3 rings (SSSR count). The predicted octanol–water partition coefficient (Wildman–Crippen LogP) is 1.75. The van der Waals surface area contributed by atoms with Gasteiger partial charge in [0.1, 0.15) is 0 Å². The van der Waals surface area contributed by atoms with E-state index in [4.69, 9.17) is 0 Å². The third-order valence-corrected chi connectivity index (χ3v) is 3.18. The molecule has 3 aliphatic rings. The normalized spacial score (nSPS) is 30.8. The van der Waals surface area contributed by atoms with E-state index in [9.17, 15) is 0 Å². The number of rotatable bonds is 0. The highest BCUT2D eigenvalue weighted by atomic mass is 15.2. The zero-order chi connectivity index (χ0) is 8.67. The van der Waals surface area contributed by atoms with Gasteiger partial charge in [0.15, 0.2) is 0 Å². The first kappa shape index (κ1) is 7.36. The Labute approximate surface area is 78.6 Å². The summed E-state index contributed by atoms with van der Waals surface area (Å²) in [6.45, 7) is 2.27. The molecule has 1 fully saturated rings. The summed E-state index contributed by atoms with van der Waals surface area (Å²) in [6, 6.07) is 0.710. The van der Waals surface area contributed by atoms with Gasteiger partial charge in [-0.25, -0.2) is 0 Å². The zero-order valence-corrected chi connectivity index (χ0v) is 7.74. The van der Waals surface area contributed by atoms with Gasteiger partial charge in [-0.2, -0.15) is 0 Å². The largest absolute Gasteiger partial charge is 0.365 e. The van der Waals surface area contributed by atoms with Gasteiger partial charge in [-0.3, -0.25) is 4.99 Å². The fourth-order valence-electron chi connectivity index (χ4n) is 2.50. The van der Waals surface area contributed by atoms with E-state index in [0.29, 0.717) is 6.04 Å².